The highest BCUT2D eigenvalue weighted by molar-refractivity contribution is 7.47. The molecule has 61 heavy (non-hydrogen) atoms. The van der Waals surface area contributed by atoms with E-state index in [9.17, 15) is 14.3 Å². The van der Waals surface area contributed by atoms with Crippen molar-refractivity contribution in [3.05, 3.63) is 24.3 Å². The molecule has 0 aliphatic heterocycles. The Hall–Kier alpha value is -1.02. The molecule has 0 rings (SSSR count). The van der Waals surface area contributed by atoms with E-state index in [-0.39, 0.29) is 25.8 Å². The van der Waals surface area contributed by atoms with Gasteiger partial charge in [0.2, 0.25) is 0 Å². The molecule has 0 bridgehead atoms. The Kier molecular flexibility index (Phi) is 44.8. The van der Waals surface area contributed by atoms with Gasteiger partial charge in [0.25, 0.3) is 0 Å². The third-order valence-corrected chi connectivity index (χ3v) is 12.5. The van der Waals surface area contributed by atoms with E-state index in [0.29, 0.717) is 24.1 Å². The Bertz CT molecular complexity index is 1030. The summed E-state index contributed by atoms with van der Waals surface area (Å²) >= 11 is 0. The molecule has 0 amide bonds. The number of carbonyl (C=O) groups is 1. The number of phosphoric ester groups is 1. The van der Waals surface area contributed by atoms with Crippen molar-refractivity contribution in [2.24, 2.45) is 0 Å². The summed E-state index contributed by atoms with van der Waals surface area (Å²) in [6.45, 7) is 5.64. The summed E-state index contributed by atoms with van der Waals surface area (Å²) in [5, 5.41) is 0. The third-order valence-electron chi connectivity index (χ3n) is 11.5. The van der Waals surface area contributed by atoms with Gasteiger partial charge in [-0.05, 0) is 44.9 Å². The number of hydrogen-bond acceptors (Lipinski definition) is 6. The summed E-state index contributed by atoms with van der Waals surface area (Å²) < 4.78 is 35.2. The average Bonchev–Trinajstić information content (AvgIpc) is 3.22. The Morgan fingerprint density at radius 1 is 0.508 bits per heavy atom. The van der Waals surface area contributed by atoms with Crippen LogP contribution in [0, 0.1) is 0 Å². The van der Waals surface area contributed by atoms with Gasteiger partial charge in [-0.2, -0.15) is 0 Å². The van der Waals surface area contributed by atoms with Gasteiger partial charge >= 0.3 is 13.8 Å². The Balaban J connectivity index is 4.11. The number of ether oxygens (including phenoxy) is 2. The minimum absolute atomic E-state index is 0.0897. The summed E-state index contributed by atoms with van der Waals surface area (Å²) in [5.74, 6) is -0.310. The van der Waals surface area contributed by atoms with E-state index >= 15 is 0 Å². The van der Waals surface area contributed by atoms with Crippen molar-refractivity contribution in [2.45, 2.75) is 251 Å². The van der Waals surface area contributed by atoms with Gasteiger partial charge in [0.1, 0.15) is 19.3 Å². The van der Waals surface area contributed by atoms with Crippen molar-refractivity contribution in [3.63, 3.8) is 0 Å². The smallest absolute Gasteiger partial charge is 0.457 e. The van der Waals surface area contributed by atoms with Gasteiger partial charge in [-0.1, -0.05) is 218 Å². The van der Waals surface area contributed by atoms with Crippen LogP contribution in [0.3, 0.4) is 0 Å². The largest absolute Gasteiger partial charge is 0.472 e. The van der Waals surface area contributed by atoms with Gasteiger partial charge in [-0.3, -0.25) is 13.8 Å². The molecule has 0 aromatic heterocycles. The van der Waals surface area contributed by atoms with E-state index in [1.165, 1.54) is 186 Å². The van der Waals surface area contributed by atoms with Gasteiger partial charge in [-0.15, -0.1) is 0 Å². The normalized spacial score (nSPS) is 13.7. The van der Waals surface area contributed by atoms with Crippen LogP contribution in [0.25, 0.3) is 0 Å². The number of rotatable bonds is 49. The van der Waals surface area contributed by atoms with Crippen LogP contribution in [0.1, 0.15) is 245 Å². The number of carbonyl (C=O) groups excluding carboxylic acids is 1. The highest BCUT2D eigenvalue weighted by Gasteiger charge is 2.26. The highest BCUT2D eigenvalue weighted by atomic mass is 31.2. The van der Waals surface area contributed by atoms with Crippen LogP contribution in [-0.4, -0.2) is 75.6 Å². The molecule has 1 N–H and O–H groups in total. The van der Waals surface area contributed by atoms with Crippen LogP contribution in [-0.2, 0) is 27.9 Å². The topological polar surface area (TPSA) is 91.3 Å². The molecule has 0 fully saturated rings. The molecule has 0 aromatic rings. The molecule has 0 heterocycles. The van der Waals surface area contributed by atoms with E-state index in [0.717, 1.165) is 38.5 Å². The molecule has 0 aromatic carbocycles. The number of hydrogen-bond donors (Lipinski definition) is 1. The van der Waals surface area contributed by atoms with Gasteiger partial charge in [0, 0.05) is 13.0 Å². The van der Waals surface area contributed by atoms with Gasteiger partial charge in [0.15, 0.2) is 0 Å². The molecule has 8 nitrogen and oxygen atoms in total. The second kappa shape index (κ2) is 45.5. The number of phosphoric acid groups is 1. The third kappa shape index (κ3) is 49.8. The first kappa shape index (κ1) is 60.0. The Morgan fingerprint density at radius 3 is 1.36 bits per heavy atom. The maximum atomic E-state index is 12.8. The zero-order valence-electron chi connectivity index (χ0n) is 41.2. The second-order valence-corrected chi connectivity index (χ2v) is 20.4. The molecule has 0 radical (unpaired) electrons. The maximum Gasteiger partial charge on any atom is 0.472 e. The van der Waals surface area contributed by atoms with Crippen LogP contribution in [0.4, 0.5) is 0 Å². The number of nitrogens with zero attached hydrogens (tertiary/aromatic N) is 1. The molecule has 0 aliphatic carbocycles. The van der Waals surface area contributed by atoms with Gasteiger partial charge in [-0.25, -0.2) is 4.57 Å². The number of allylic oxidation sites excluding steroid dienone is 4. The lowest BCUT2D eigenvalue weighted by Crippen LogP contribution is -2.37. The quantitative estimate of drug-likeness (QED) is 0.0214. The van der Waals surface area contributed by atoms with Crippen molar-refractivity contribution >= 4 is 13.8 Å². The molecular formula is C52H103NO7P+. The summed E-state index contributed by atoms with van der Waals surface area (Å²) in [5.41, 5.74) is 0. The molecule has 0 saturated heterocycles. The number of likely N-dealkylation sites (N-methyl/N-ethyl adjacent to an activating group) is 1. The fourth-order valence-corrected chi connectivity index (χ4v) is 8.21. The minimum Gasteiger partial charge on any atom is -0.457 e. The van der Waals surface area contributed by atoms with Crippen molar-refractivity contribution in [2.75, 3.05) is 54.1 Å². The monoisotopic (exact) mass is 885 g/mol. The second-order valence-electron chi connectivity index (χ2n) is 18.9. The standard InChI is InChI=1S/C52H102NO7P/c1-6-8-10-12-14-16-18-20-22-24-26-27-28-29-31-33-35-37-39-41-43-45-52(54)60-51(50-59-61(55,56)58-48-46-53(3,4)5)49-57-47-44-42-40-38-36-34-32-30-25-23-21-19-17-15-13-11-9-7-2/h15,17,21,23,51H,6-14,16,18-20,22,24-50H2,1-5H3/p+1/b17-15-,23-21-. The van der Waals surface area contributed by atoms with Crippen molar-refractivity contribution in [3.8, 4) is 0 Å². The first-order valence-corrected chi connectivity index (χ1v) is 27.6. The zero-order chi connectivity index (χ0) is 44.8. The van der Waals surface area contributed by atoms with Crippen molar-refractivity contribution in [1.82, 2.24) is 0 Å². The summed E-state index contributed by atoms with van der Waals surface area (Å²) in [6.07, 6.45) is 53.6. The van der Waals surface area contributed by atoms with E-state index in [1.54, 1.807) is 0 Å². The van der Waals surface area contributed by atoms with E-state index < -0.39 is 13.9 Å². The number of unbranched alkanes of at least 4 members (excludes halogenated alkanes) is 31. The molecule has 2 atom stereocenters. The summed E-state index contributed by atoms with van der Waals surface area (Å²) in [4.78, 5) is 23.0. The minimum atomic E-state index is -4.28. The molecular weight excluding hydrogens is 782 g/mol. The lowest BCUT2D eigenvalue weighted by molar-refractivity contribution is -0.870. The van der Waals surface area contributed by atoms with E-state index in [1.807, 2.05) is 21.1 Å². The van der Waals surface area contributed by atoms with Crippen molar-refractivity contribution < 1.29 is 37.3 Å². The molecule has 0 aliphatic rings. The van der Waals surface area contributed by atoms with Crippen LogP contribution < -0.4 is 0 Å². The predicted octanol–water partition coefficient (Wildman–Crippen LogP) is 16.0. The Morgan fingerprint density at radius 2 is 0.902 bits per heavy atom. The number of esters is 1. The van der Waals surface area contributed by atoms with Crippen LogP contribution in [0.5, 0.6) is 0 Å². The van der Waals surface area contributed by atoms with E-state index in [4.69, 9.17) is 18.5 Å². The van der Waals surface area contributed by atoms with Gasteiger partial charge in [0.05, 0.1) is 34.4 Å². The number of quaternary nitrogens is 1. The Labute approximate surface area is 379 Å². The zero-order valence-corrected chi connectivity index (χ0v) is 42.1. The SMILES string of the molecule is CCCCC/C=C\C/C=C\CCCCCCCCCCOCC(COP(=O)(O)OCC[N+](C)(C)C)OC(=O)CCCCCCCCCCCCCCCCCCCCCCC. The molecule has 2 unspecified atom stereocenters. The predicted molar refractivity (Wildman–Crippen MR) is 261 cm³/mol. The van der Waals surface area contributed by atoms with Crippen molar-refractivity contribution in [1.29, 1.82) is 0 Å². The van der Waals surface area contributed by atoms with Gasteiger partial charge < -0.3 is 18.9 Å². The van der Waals surface area contributed by atoms with E-state index in [2.05, 4.69) is 38.2 Å². The molecule has 362 valence electrons. The maximum absolute atomic E-state index is 12.8. The average molecular weight is 885 g/mol. The first-order chi connectivity index (χ1) is 29.6. The van der Waals surface area contributed by atoms with Crippen LogP contribution >= 0.6 is 7.82 Å². The fourth-order valence-electron chi connectivity index (χ4n) is 7.47. The molecule has 9 heteroatoms. The summed E-state index contributed by atoms with van der Waals surface area (Å²) in [7, 11) is 1.68. The highest BCUT2D eigenvalue weighted by Crippen LogP contribution is 2.43. The summed E-state index contributed by atoms with van der Waals surface area (Å²) in [6, 6.07) is 0. The molecule has 0 saturated carbocycles. The first-order valence-electron chi connectivity index (χ1n) is 26.1. The van der Waals surface area contributed by atoms with Crippen LogP contribution in [0.2, 0.25) is 0 Å². The lowest BCUT2D eigenvalue weighted by Gasteiger charge is -2.24. The van der Waals surface area contributed by atoms with Crippen LogP contribution in [0.15, 0.2) is 24.3 Å². The fraction of sp³-hybridized carbons (Fsp3) is 0.904. The molecule has 0 spiro atoms. The lowest BCUT2D eigenvalue weighted by atomic mass is 10.0.